The van der Waals surface area contributed by atoms with E-state index in [4.69, 9.17) is 16.3 Å². The van der Waals surface area contributed by atoms with E-state index in [1.54, 1.807) is 0 Å². The summed E-state index contributed by atoms with van der Waals surface area (Å²) in [6.45, 7) is 0.531. The Morgan fingerprint density at radius 1 is 1.32 bits per heavy atom. The van der Waals surface area contributed by atoms with Crippen molar-refractivity contribution in [3.8, 4) is 16.9 Å². The van der Waals surface area contributed by atoms with Crippen LogP contribution in [0, 0.1) is 0 Å². The maximum Gasteiger partial charge on any atom is 0.224 e. The summed E-state index contributed by atoms with van der Waals surface area (Å²) in [6, 6.07) is 5.76. The molecule has 2 aromatic heterocycles. The van der Waals surface area contributed by atoms with Gasteiger partial charge < -0.3 is 10.1 Å². The van der Waals surface area contributed by atoms with Crippen LogP contribution in [0.5, 0.6) is 5.75 Å². The molecular weight excluding hydrogens is 342 g/mol. The second kappa shape index (κ2) is 6.18. The monoisotopic (exact) mass is 355 g/mol. The minimum Gasteiger partial charge on any atom is -0.490 e. The summed E-state index contributed by atoms with van der Waals surface area (Å²) in [4.78, 5) is 19.2. The highest BCUT2D eigenvalue weighted by Gasteiger charge is 2.21. The molecule has 0 fully saturated rings. The van der Waals surface area contributed by atoms with Crippen molar-refractivity contribution in [1.29, 1.82) is 0 Å². The molecule has 0 atom stereocenters. The number of hydrogen-bond acceptors (Lipinski definition) is 6. The molecule has 7 nitrogen and oxygen atoms in total. The topological polar surface area (TPSA) is 81.9 Å². The van der Waals surface area contributed by atoms with Crippen LogP contribution in [0.15, 0.2) is 30.6 Å². The number of nitrogens with zero attached hydrogens (tertiary/aromatic N) is 4. The molecule has 3 aromatic rings. The molecular formula is C17H14ClN5O2. The maximum atomic E-state index is 11.2. The lowest BCUT2D eigenvalue weighted by Crippen LogP contribution is -2.06. The minimum absolute atomic E-state index is 0.0607. The number of rotatable bonds is 3. The van der Waals surface area contributed by atoms with Gasteiger partial charge in [0.15, 0.2) is 12.0 Å². The van der Waals surface area contributed by atoms with Gasteiger partial charge in [0.25, 0.3) is 0 Å². The lowest BCUT2D eigenvalue weighted by atomic mass is 10.0. The number of aldehydes is 1. The maximum absolute atomic E-state index is 11.2. The Labute approximate surface area is 148 Å². The van der Waals surface area contributed by atoms with Crippen molar-refractivity contribution in [2.75, 3.05) is 11.9 Å². The first-order chi connectivity index (χ1) is 12.2. The molecule has 0 unspecified atom stereocenters. The van der Waals surface area contributed by atoms with E-state index in [-0.39, 0.29) is 5.28 Å². The summed E-state index contributed by atoms with van der Waals surface area (Å²) < 4.78 is 7.85. The van der Waals surface area contributed by atoms with Crippen molar-refractivity contribution >= 4 is 29.4 Å². The quantitative estimate of drug-likeness (QED) is 0.574. The number of carbonyl (C=O) groups is 1. The van der Waals surface area contributed by atoms with E-state index >= 15 is 0 Å². The van der Waals surface area contributed by atoms with Crippen LogP contribution in [0.2, 0.25) is 5.28 Å². The predicted octanol–water partition coefficient (Wildman–Crippen LogP) is 3.02. The average molecular weight is 356 g/mol. The minimum atomic E-state index is 0.0607. The number of aromatic nitrogens is 4. The highest BCUT2D eigenvalue weighted by molar-refractivity contribution is 6.28. The second-order valence-electron chi connectivity index (χ2n) is 5.60. The molecule has 1 aromatic carbocycles. The third kappa shape index (κ3) is 2.72. The zero-order valence-corrected chi connectivity index (χ0v) is 14.1. The Balaban J connectivity index is 1.82. The van der Waals surface area contributed by atoms with Crippen molar-refractivity contribution in [2.24, 2.45) is 7.05 Å². The van der Waals surface area contributed by atoms with Crippen molar-refractivity contribution in [3.05, 3.63) is 47.1 Å². The molecule has 0 spiro atoms. The lowest BCUT2D eigenvalue weighted by molar-refractivity contribution is 0.112. The number of anilines is 2. The first kappa shape index (κ1) is 15.6. The van der Waals surface area contributed by atoms with Crippen LogP contribution in [0.3, 0.4) is 0 Å². The van der Waals surface area contributed by atoms with Crippen molar-refractivity contribution in [1.82, 2.24) is 19.7 Å². The number of para-hydroxylation sites is 1. The SMILES string of the molecule is Cn1ncc2c1CCOc1c(Nc3nc(Cl)ncc3C=O)cccc1-2. The zero-order chi connectivity index (χ0) is 17.4. The third-order valence-corrected chi connectivity index (χ3v) is 4.30. The van der Waals surface area contributed by atoms with Gasteiger partial charge in [-0.15, -0.1) is 0 Å². The Hall–Kier alpha value is -2.93. The van der Waals surface area contributed by atoms with E-state index in [9.17, 15) is 4.79 Å². The number of aryl methyl sites for hydroxylation is 1. The van der Waals surface area contributed by atoms with E-state index in [1.165, 1.54) is 6.20 Å². The molecule has 25 heavy (non-hydrogen) atoms. The van der Waals surface area contributed by atoms with E-state index in [2.05, 4.69) is 20.4 Å². The Bertz CT molecular complexity index is 970. The molecule has 0 radical (unpaired) electrons. The summed E-state index contributed by atoms with van der Waals surface area (Å²) in [6.07, 6.45) is 4.66. The molecule has 126 valence electrons. The number of halogens is 1. The summed E-state index contributed by atoms with van der Waals surface area (Å²) in [5.41, 5.74) is 4.12. The number of fused-ring (bicyclic) bond motifs is 3. The number of nitrogens with one attached hydrogen (secondary N) is 1. The van der Waals surface area contributed by atoms with Crippen molar-refractivity contribution < 1.29 is 9.53 Å². The molecule has 1 N–H and O–H groups in total. The predicted molar refractivity (Wildman–Crippen MR) is 93.6 cm³/mol. The molecule has 1 aliphatic rings. The largest absolute Gasteiger partial charge is 0.490 e. The molecule has 0 aliphatic carbocycles. The van der Waals surface area contributed by atoms with Crippen LogP contribution < -0.4 is 10.1 Å². The smallest absolute Gasteiger partial charge is 0.224 e. The third-order valence-electron chi connectivity index (χ3n) is 4.12. The van der Waals surface area contributed by atoms with Crippen LogP contribution in [-0.4, -0.2) is 32.6 Å². The van der Waals surface area contributed by atoms with Gasteiger partial charge in [0, 0.05) is 36.5 Å². The summed E-state index contributed by atoms with van der Waals surface area (Å²) in [5.74, 6) is 1.03. The molecule has 0 amide bonds. The second-order valence-corrected chi connectivity index (χ2v) is 5.93. The molecule has 0 saturated carbocycles. The van der Waals surface area contributed by atoms with Crippen LogP contribution >= 0.6 is 11.6 Å². The Kier molecular flexibility index (Phi) is 3.85. The zero-order valence-electron chi connectivity index (χ0n) is 13.4. The molecule has 1 aliphatic heterocycles. The highest BCUT2D eigenvalue weighted by atomic mass is 35.5. The van der Waals surface area contributed by atoms with Crippen LogP contribution in [0.4, 0.5) is 11.5 Å². The number of hydrogen-bond donors (Lipinski definition) is 1. The molecule has 3 heterocycles. The summed E-state index contributed by atoms with van der Waals surface area (Å²) >= 11 is 5.86. The van der Waals surface area contributed by atoms with Gasteiger partial charge in [0.1, 0.15) is 5.82 Å². The van der Waals surface area contributed by atoms with E-state index in [0.717, 1.165) is 23.2 Å². The van der Waals surface area contributed by atoms with Crippen molar-refractivity contribution in [2.45, 2.75) is 6.42 Å². The van der Waals surface area contributed by atoms with Crippen LogP contribution in [0.25, 0.3) is 11.1 Å². The molecule has 0 saturated heterocycles. The van der Waals surface area contributed by atoms with Gasteiger partial charge in [0.05, 0.1) is 24.1 Å². The summed E-state index contributed by atoms with van der Waals surface area (Å²) in [7, 11) is 1.92. The van der Waals surface area contributed by atoms with Gasteiger partial charge in [-0.2, -0.15) is 10.1 Å². The first-order valence-electron chi connectivity index (χ1n) is 7.69. The van der Waals surface area contributed by atoms with Gasteiger partial charge in [-0.1, -0.05) is 12.1 Å². The number of carbonyl (C=O) groups excluding carboxylic acids is 1. The van der Waals surface area contributed by atoms with Gasteiger partial charge in [-0.3, -0.25) is 9.48 Å². The van der Waals surface area contributed by atoms with Gasteiger partial charge in [-0.25, -0.2) is 4.98 Å². The van der Waals surface area contributed by atoms with E-state index in [1.807, 2.05) is 36.1 Å². The van der Waals surface area contributed by atoms with Crippen LogP contribution in [-0.2, 0) is 13.5 Å². The van der Waals surface area contributed by atoms with Crippen molar-refractivity contribution in [3.63, 3.8) is 0 Å². The van der Waals surface area contributed by atoms with Crippen LogP contribution in [0.1, 0.15) is 16.1 Å². The first-order valence-corrected chi connectivity index (χ1v) is 8.07. The molecule has 4 rings (SSSR count). The van der Waals surface area contributed by atoms with E-state index < -0.39 is 0 Å². The van der Waals surface area contributed by atoms with Gasteiger partial charge in [0.2, 0.25) is 5.28 Å². The fraction of sp³-hybridized carbons (Fsp3) is 0.176. The lowest BCUT2D eigenvalue weighted by Gasteiger charge is -2.15. The normalized spacial score (nSPS) is 12.6. The standard InChI is InChI=1S/C17H14ClN5O2/c1-23-14-5-6-25-15-11(12(14)8-20-23)3-2-4-13(15)21-16-10(9-24)7-19-17(18)22-16/h2-4,7-9H,5-6H2,1H3,(H,19,21,22). The summed E-state index contributed by atoms with van der Waals surface area (Å²) in [5, 5.41) is 7.55. The molecule has 0 bridgehead atoms. The highest BCUT2D eigenvalue weighted by Crippen LogP contribution is 2.41. The van der Waals surface area contributed by atoms with E-state index in [0.29, 0.717) is 35.7 Å². The van der Waals surface area contributed by atoms with Gasteiger partial charge >= 0.3 is 0 Å². The average Bonchev–Trinajstić information content (AvgIpc) is 2.86. The number of benzene rings is 1. The fourth-order valence-electron chi connectivity index (χ4n) is 2.92. The fourth-order valence-corrected chi connectivity index (χ4v) is 3.05. The molecule has 8 heteroatoms. The Morgan fingerprint density at radius 3 is 3.04 bits per heavy atom. The Morgan fingerprint density at radius 2 is 2.20 bits per heavy atom. The number of ether oxygens (including phenoxy) is 1. The van der Waals surface area contributed by atoms with Gasteiger partial charge in [-0.05, 0) is 17.7 Å².